The highest BCUT2D eigenvalue weighted by Gasteiger charge is 2.31. The van der Waals surface area contributed by atoms with Crippen LogP contribution in [0.4, 0.5) is 0 Å². The summed E-state index contributed by atoms with van der Waals surface area (Å²) in [4.78, 5) is 23.7. The number of fused-ring (bicyclic) bond motifs is 1. The van der Waals surface area contributed by atoms with Gasteiger partial charge < -0.3 is 9.30 Å². The summed E-state index contributed by atoms with van der Waals surface area (Å²) in [6.07, 6.45) is 6.98. The Balaban J connectivity index is 1.71. The molecule has 0 bridgehead atoms. The molecule has 0 saturated carbocycles. The summed E-state index contributed by atoms with van der Waals surface area (Å²) in [7, 11) is 0. The monoisotopic (exact) mass is 338 g/mol. The molecule has 0 spiro atoms. The second-order valence-electron chi connectivity index (χ2n) is 5.93. The largest absolute Gasteiger partial charge is 0.328 e. The third kappa shape index (κ3) is 2.67. The van der Waals surface area contributed by atoms with Crippen LogP contribution in [0.25, 0.3) is 5.65 Å². The number of carbonyl (C=O) groups excluding carboxylic acids is 1. The SMILES string of the molecule is Cc1ccc([C@@H]2CSCCN2C(=O)c2nccn3ccnc23)cc1. The number of hydrogen-bond donors (Lipinski definition) is 0. The van der Waals surface area contributed by atoms with Gasteiger partial charge in [-0.15, -0.1) is 0 Å². The third-order valence-corrected chi connectivity index (χ3v) is 5.39. The highest BCUT2D eigenvalue weighted by Crippen LogP contribution is 2.31. The van der Waals surface area contributed by atoms with E-state index in [2.05, 4.69) is 41.2 Å². The normalized spacial score (nSPS) is 18.0. The summed E-state index contributed by atoms with van der Waals surface area (Å²) >= 11 is 1.89. The fraction of sp³-hybridized carbons (Fsp3) is 0.278. The van der Waals surface area contributed by atoms with Crippen LogP contribution in [0.5, 0.6) is 0 Å². The van der Waals surface area contributed by atoms with E-state index < -0.39 is 0 Å². The molecule has 3 heterocycles. The van der Waals surface area contributed by atoms with Crippen LogP contribution in [0.15, 0.2) is 49.1 Å². The van der Waals surface area contributed by atoms with Crippen LogP contribution < -0.4 is 0 Å². The van der Waals surface area contributed by atoms with E-state index in [1.54, 1.807) is 12.4 Å². The quantitative estimate of drug-likeness (QED) is 0.721. The molecule has 1 aliphatic heterocycles. The molecule has 4 rings (SSSR count). The highest BCUT2D eigenvalue weighted by atomic mass is 32.2. The minimum Gasteiger partial charge on any atom is -0.328 e. The number of imidazole rings is 1. The summed E-state index contributed by atoms with van der Waals surface area (Å²) in [5, 5.41) is 0. The Morgan fingerprint density at radius 1 is 1.17 bits per heavy atom. The number of aryl methyl sites for hydroxylation is 1. The molecule has 5 nitrogen and oxygen atoms in total. The Labute approximate surface area is 144 Å². The zero-order valence-electron chi connectivity index (χ0n) is 13.4. The lowest BCUT2D eigenvalue weighted by Gasteiger charge is -2.35. The van der Waals surface area contributed by atoms with E-state index in [1.165, 1.54) is 11.1 Å². The van der Waals surface area contributed by atoms with Crippen molar-refractivity contribution in [2.45, 2.75) is 13.0 Å². The molecule has 2 aromatic heterocycles. The minimum absolute atomic E-state index is 0.0438. The van der Waals surface area contributed by atoms with Crippen molar-refractivity contribution in [3.05, 3.63) is 65.9 Å². The van der Waals surface area contributed by atoms with Crippen molar-refractivity contribution >= 4 is 23.3 Å². The average Bonchev–Trinajstić information content (AvgIpc) is 3.10. The van der Waals surface area contributed by atoms with Crippen LogP contribution in [0, 0.1) is 6.92 Å². The second-order valence-corrected chi connectivity index (χ2v) is 7.08. The predicted octanol–water partition coefficient (Wildman–Crippen LogP) is 2.97. The van der Waals surface area contributed by atoms with Gasteiger partial charge in [-0.2, -0.15) is 11.8 Å². The van der Waals surface area contributed by atoms with Crippen LogP contribution in [-0.4, -0.2) is 43.2 Å². The number of benzene rings is 1. The zero-order valence-corrected chi connectivity index (χ0v) is 14.2. The summed E-state index contributed by atoms with van der Waals surface area (Å²) < 4.78 is 1.83. The molecular weight excluding hydrogens is 320 g/mol. The zero-order chi connectivity index (χ0) is 16.5. The number of thioether (sulfide) groups is 1. The van der Waals surface area contributed by atoms with Gasteiger partial charge in [0.1, 0.15) is 0 Å². The van der Waals surface area contributed by atoms with Gasteiger partial charge in [0.25, 0.3) is 5.91 Å². The molecule has 0 radical (unpaired) electrons. The Hall–Kier alpha value is -2.34. The molecule has 1 saturated heterocycles. The Morgan fingerprint density at radius 3 is 2.71 bits per heavy atom. The van der Waals surface area contributed by atoms with Gasteiger partial charge in [-0.3, -0.25) is 4.79 Å². The number of aromatic nitrogens is 3. The molecule has 1 amide bonds. The maximum absolute atomic E-state index is 13.2. The summed E-state index contributed by atoms with van der Waals surface area (Å²) in [6, 6.07) is 8.52. The van der Waals surface area contributed by atoms with Gasteiger partial charge in [0.05, 0.1) is 6.04 Å². The summed E-state index contributed by atoms with van der Waals surface area (Å²) in [5.74, 6) is 1.82. The topological polar surface area (TPSA) is 50.5 Å². The Kier molecular flexibility index (Phi) is 3.98. The third-order valence-electron chi connectivity index (χ3n) is 4.37. The van der Waals surface area contributed by atoms with Gasteiger partial charge in [-0.1, -0.05) is 29.8 Å². The van der Waals surface area contributed by atoms with E-state index in [0.29, 0.717) is 11.3 Å². The van der Waals surface area contributed by atoms with E-state index in [1.807, 2.05) is 33.5 Å². The maximum atomic E-state index is 13.2. The van der Waals surface area contributed by atoms with Crippen LogP contribution in [0.1, 0.15) is 27.7 Å². The number of rotatable bonds is 2. The van der Waals surface area contributed by atoms with E-state index in [0.717, 1.165) is 18.1 Å². The lowest BCUT2D eigenvalue weighted by atomic mass is 10.0. The van der Waals surface area contributed by atoms with E-state index in [4.69, 9.17) is 0 Å². The van der Waals surface area contributed by atoms with Gasteiger partial charge in [0.2, 0.25) is 0 Å². The summed E-state index contributed by atoms with van der Waals surface area (Å²) in [6.45, 7) is 2.80. The first-order valence-electron chi connectivity index (χ1n) is 7.97. The number of nitrogens with zero attached hydrogens (tertiary/aromatic N) is 4. The van der Waals surface area contributed by atoms with E-state index >= 15 is 0 Å². The van der Waals surface area contributed by atoms with Gasteiger partial charge in [-0.05, 0) is 12.5 Å². The van der Waals surface area contributed by atoms with Crippen molar-refractivity contribution in [2.75, 3.05) is 18.1 Å². The predicted molar refractivity (Wildman–Crippen MR) is 95.3 cm³/mol. The van der Waals surface area contributed by atoms with Crippen molar-refractivity contribution in [3.8, 4) is 0 Å². The van der Waals surface area contributed by atoms with E-state index in [-0.39, 0.29) is 11.9 Å². The first-order chi connectivity index (χ1) is 11.7. The molecule has 3 aromatic rings. The van der Waals surface area contributed by atoms with Crippen molar-refractivity contribution in [1.82, 2.24) is 19.3 Å². The molecule has 122 valence electrons. The molecule has 0 N–H and O–H groups in total. The molecule has 6 heteroatoms. The van der Waals surface area contributed by atoms with Crippen molar-refractivity contribution in [2.24, 2.45) is 0 Å². The lowest BCUT2D eigenvalue weighted by Crippen LogP contribution is -2.41. The molecular formula is C18H18N4OS. The molecule has 1 aliphatic rings. The highest BCUT2D eigenvalue weighted by molar-refractivity contribution is 7.99. The minimum atomic E-state index is -0.0438. The number of carbonyl (C=O) groups is 1. The fourth-order valence-corrected chi connectivity index (χ4v) is 4.14. The van der Waals surface area contributed by atoms with Crippen molar-refractivity contribution in [1.29, 1.82) is 0 Å². The van der Waals surface area contributed by atoms with Crippen molar-refractivity contribution < 1.29 is 4.79 Å². The molecule has 1 aromatic carbocycles. The van der Waals surface area contributed by atoms with Crippen molar-refractivity contribution in [3.63, 3.8) is 0 Å². The number of hydrogen-bond acceptors (Lipinski definition) is 4. The van der Waals surface area contributed by atoms with E-state index in [9.17, 15) is 4.79 Å². The first-order valence-corrected chi connectivity index (χ1v) is 9.12. The molecule has 1 fully saturated rings. The Bertz CT molecular complexity index is 874. The fourth-order valence-electron chi connectivity index (χ4n) is 3.05. The molecule has 0 aliphatic carbocycles. The number of amides is 1. The Morgan fingerprint density at radius 2 is 1.92 bits per heavy atom. The van der Waals surface area contributed by atoms with Gasteiger partial charge in [0, 0.05) is 42.8 Å². The van der Waals surface area contributed by atoms with Gasteiger partial charge in [0.15, 0.2) is 11.3 Å². The standard InChI is InChI=1S/C18H18N4OS/c1-13-2-4-14(5-3-13)15-12-24-11-10-22(15)18(23)16-17-20-7-9-21(17)8-6-19-16/h2-9,15H,10-12H2,1H3/t15-/m0/s1. The molecule has 24 heavy (non-hydrogen) atoms. The van der Waals surface area contributed by atoms with Crippen LogP contribution in [-0.2, 0) is 0 Å². The maximum Gasteiger partial charge on any atom is 0.276 e. The van der Waals surface area contributed by atoms with Crippen LogP contribution in [0.3, 0.4) is 0 Å². The smallest absolute Gasteiger partial charge is 0.276 e. The average molecular weight is 338 g/mol. The molecule has 0 unspecified atom stereocenters. The van der Waals surface area contributed by atoms with Gasteiger partial charge >= 0.3 is 0 Å². The first kappa shape index (κ1) is 15.2. The van der Waals surface area contributed by atoms with Crippen LogP contribution >= 0.6 is 11.8 Å². The second kappa shape index (κ2) is 6.28. The summed E-state index contributed by atoms with van der Waals surface area (Å²) in [5.41, 5.74) is 3.44. The van der Waals surface area contributed by atoms with Crippen LogP contribution in [0.2, 0.25) is 0 Å². The lowest BCUT2D eigenvalue weighted by molar-refractivity contribution is 0.0697. The molecule has 1 atom stereocenters. The van der Waals surface area contributed by atoms with Gasteiger partial charge in [-0.25, -0.2) is 9.97 Å².